The molecule has 1 N–H and O–H groups in total. The molecule has 2 heterocycles. The van der Waals surface area contributed by atoms with Crippen LogP contribution in [0.5, 0.6) is 5.75 Å². The van der Waals surface area contributed by atoms with E-state index in [9.17, 15) is 14.7 Å². The maximum Gasteiger partial charge on any atom is 0.410 e. The van der Waals surface area contributed by atoms with Gasteiger partial charge in [0.15, 0.2) is 5.69 Å². The number of hydrogen-bond donors (Lipinski definition) is 1. The summed E-state index contributed by atoms with van der Waals surface area (Å²) in [5.41, 5.74) is 2.53. The van der Waals surface area contributed by atoms with Crippen LogP contribution in [-0.4, -0.2) is 73.2 Å². The lowest BCUT2D eigenvalue weighted by Gasteiger charge is -2.41. The Balaban J connectivity index is 1.51. The summed E-state index contributed by atoms with van der Waals surface area (Å²) in [4.78, 5) is 30.6. The summed E-state index contributed by atoms with van der Waals surface area (Å²) in [6, 6.07) is 25.8. The number of benzene rings is 3. The molecule has 40 heavy (non-hydrogen) atoms. The van der Waals surface area contributed by atoms with Gasteiger partial charge in [-0.2, -0.15) is 0 Å². The largest absolute Gasteiger partial charge is 0.508 e. The molecule has 9 nitrogen and oxygen atoms in total. The monoisotopic (exact) mass is 539 g/mol. The van der Waals surface area contributed by atoms with Gasteiger partial charge < -0.3 is 19.6 Å². The molecule has 4 aromatic rings. The van der Waals surface area contributed by atoms with Crippen LogP contribution in [0.2, 0.25) is 0 Å². The number of aromatic nitrogens is 3. The minimum Gasteiger partial charge on any atom is -0.508 e. The van der Waals surface area contributed by atoms with E-state index in [1.54, 1.807) is 38.7 Å². The van der Waals surface area contributed by atoms with Crippen LogP contribution in [0, 0.1) is 0 Å². The number of amides is 2. The van der Waals surface area contributed by atoms with Gasteiger partial charge >= 0.3 is 6.09 Å². The van der Waals surface area contributed by atoms with Gasteiger partial charge in [-0.3, -0.25) is 4.79 Å². The number of rotatable bonds is 5. The summed E-state index contributed by atoms with van der Waals surface area (Å²) in [5, 5.41) is 18.8. The Morgan fingerprint density at radius 1 is 0.950 bits per heavy atom. The van der Waals surface area contributed by atoms with Crippen LogP contribution in [0.3, 0.4) is 0 Å². The first-order chi connectivity index (χ1) is 19.2. The molecule has 1 aromatic heterocycles. The van der Waals surface area contributed by atoms with E-state index in [-0.39, 0.29) is 23.4 Å². The second-order valence-corrected chi connectivity index (χ2v) is 10.9. The molecule has 1 saturated heterocycles. The second-order valence-electron chi connectivity index (χ2n) is 10.9. The summed E-state index contributed by atoms with van der Waals surface area (Å²) in [6.45, 7) is 6.51. The quantitative estimate of drug-likeness (QED) is 0.385. The van der Waals surface area contributed by atoms with Gasteiger partial charge in [0.05, 0.1) is 11.7 Å². The molecule has 5 rings (SSSR count). The van der Waals surface area contributed by atoms with Gasteiger partial charge in [0.2, 0.25) is 0 Å². The molecule has 0 bridgehead atoms. The van der Waals surface area contributed by atoms with Crippen molar-refractivity contribution in [1.82, 2.24) is 24.8 Å². The van der Waals surface area contributed by atoms with Crippen LogP contribution in [-0.2, 0) is 11.2 Å². The Kier molecular flexibility index (Phi) is 7.55. The van der Waals surface area contributed by atoms with Gasteiger partial charge in [0.25, 0.3) is 5.91 Å². The van der Waals surface area contributed by atoms with E-state index in [0.717, 1.165) is 11.1 Å². The Labute approximate surface area is 233 Å². The lowest BCUT2D eigenvalue weighted by atomic mass is 10.0. The van der Waals surface area contributed by atoms with Crippen molar-refractivity contribution >= 4 is 12.0 Å². The first-order valence-corrected chi connectivity index (χ1v) is 13.3. The van der Waals surface area contributed by atoms with Crippen LogP contribution in [0.4, 0.5) is 4.79 Å². The molecular formula is C31H33N5O4. The van der Waals surface area contributed by atoms with Gasteiger partial charge in [0.1, 0.15) is 17.0 Å². The minimum atomic E-state index is -0.617. The van der Waals surface area contributed by atoms with Gasteiger partial charge in [-0.1, -0.05) is 71.9 Å². The Morgan fingerprint density at radius 3 is 2.33 bits per heavy atom. The van der Waals surface area contributed by atoms with E-state index in [1.165, 1.54) is 0 Å². The van der Waals surface area contributed by atoms with Gasteiger partial charge in [-0.15, -0.1) is 5.10 Å². The smallest absolute Gasteiger partial charge is 0.410 e. The molecule has 3 aromatic carbocycles. The summed E-state index contributed by atoms with van der Waals surface area (Å²) in [6.07, 6.45) is 0.172. The average molecular weight is 540 g/mol. The molecule has 1 unspecified atom stereocenters. The van der Waals surface area contributed by atoms with Crippen molar-refractivity contribution < 1.29 is 19.4 Å². The third-order valence-corrected chi connectivity index (χ3v) is 6.70. The summed E-state index contributed by atoms with van der Waals surface area (Å²) in [7, 11) is 0. The number of piperazine rings is 1. The highest BCUT2D eigenvalue weighted by atomic mass is 16.6. The normalized spacial score (nSPS) is 15.6. The number of phenols is 1. The second kappa shape index (κ2) is 11.2. The fourth-order valence-electron chi connectivity index (χ4n) is 4.90. The number of carbonyl (C=O) groups is 2. The SMILES string of the molecule is CC(C)(C)OC(=O)N1CCN(C(=O)c2nnn(-c3cccc(O)c3)c2-c2ccccc2)C(Cc2ccccc2)C1. The molecular weight excluding hydrogens is 506 g/mol. The van der Waals surface area contributed by atoms with Crippen LogP contribution in [0.1, 0.15) is 36.8 Å². The van der Waals surface area contributed by atoms with E-state index in [1.807, 2.05) is 81.4 Å². The van der Waals surface area contributed by atoms with E-state index in [4.69, 9.17) is 4.74 Å². The van der Waals surface area contributed by atoms with E-state index < -0.39 is 11.7 Å². The lowest BCUT2D eigenvalue weighted by molar-refractivity contribution is 0.00427. The fourth-order valence-corrected chi connectivity index (χ4v) is 4.90. The molecule has 0 spiro atoms. The summed E-state index contributed by atoms with van der Waals surface area (Å²) >= 11 is 0. The van der Waals surface area contributed by atoms with Crippen molar-refractivity contribution in [2.24, 2.45) is 0 Å². The van der Waals surface area contributed by atoms with Crippen molar-refractivity contribution in [2.75, 3.05) is 19.6 Å². The molecule has 1 aliphatic rings. The highest BCUT2D eigenvalue weighted by Crippen LogP contribution is 2.29. The molecule has 1 fully saturated rings. The molecule has 0 saturated carbocycles. The zero-order valence-electron chi connectivity index (χ0n) is 22.9. The van der Waals surface area contributed by atoms with Crippen molar-refractivity contribution in [1.29, 1.82) is 0 Å². The average Bonchev–Trinajstić information content (AvgIpc) is 3.38. The summed E-state index contributed by atoms with van der Waals surface area (Å²) in [5.74, 6) is -0.184. The number of carbonyl (C=O) groups excluding carboxylic acids is 2. The van der Waals surface area contributed by atoms with Crippen molar-refractivity contribution in [3.8, 4) is 22.7 Å². The van der Waals surface area contributed by atoms with E-state index in [2.05, 4.69) is 10.3 Å². The van der Waals surface area contributed by atoms with Crippen molar-refractivity contribution in [3.63, 3.8) is 0 Å². The van der Waals surface area contributed by atoms with E-state index in [0.29, 0.717) is 37.4 Å². The number of hydrogen-bond acceptors (Lipinski definition) is 6. The maximum absolute atomic E-state index is 14.2. The molecule has 0 aliphatic carbocycles. The van der Waals surface area contributed by atoms with Crippen LogP contribution >= 0.6 is 0 Å². The molecule has 1 aliphatic heterocycles. The minimum absolute atomic E-state index is 0.0843. The molecule has 0 radical (unpaired) electrons. The number of phenolic OH excluding ortho intramolecular Hbond substituents is 1. The first-order valence-electron chi connectivity index (χ1n) is 13.3. The Hall–Kier alpha value is -4.66. The van der Waals surface area contributed by atoms with Gasteiger partial charge in [0, 0.05) is 31.3 Å². The first kappa shape index (κ1) is 26.9. The molecule has 206 valence electrons. The predicted octanol–water partition coefficient (Wildman–Crippen LogP) is 4.94. The highest BCUT2D eigenvalue weighted by Gasteiger charge is 2.37. The predicted molar refractivity (Wildman–Crippen MR) is 151 cm³/mol. The fraction of sp³-hybridized carbons (Fsp3) is 0.290. The Bertz CT molecular complexity index is 1480. The summed E-state index contributed by atoms with van der Waals surface area (Å²) < 4.78 is 7.21. The molecule has 2 amide bonds. The number of nitrogens with zero attached hydrogens (tertiary/aromatic N) is 5. The molecule has 1 atom stereocenters. The van der Waals surface area contributed by atoms with Crippen LogP contribution < -0.4 is 0 Å². The zero-order chi connectivity index (χ0) is 28.3. The molecule has 9 heteroatoms. The number of ether oxygens (including phenoxy) is 1. The standard InChI is InChI=1S/C31H33N5O4/c1-31(2,3)40-30(39)34-17-18-35(25(21-34)19-22-11-6-4-7-12-22)29(38)27-28(23-13-8-5-9-14-23)36(33-32-27)24-15-10-16-26(37)20-24/h4-16,20,25,37H,17-19,21H2,1-3H3. The Morgan fingerprint density at radius 2 is 1.65 bits per heavy atom. The third-order valence-electron chi connectivity index (χ3n) is 6.70. The lowest BCUT2D eigenvalue weighted by Crippen LogP contribution is -2.58. The maximum atomic E-state index is 14.2. The third kappa shape index (κ3) is 5.98. The highest BCUT2D eigenvalue weighted by molar-refractivity contribution is 5.98. The van der Waals surface area contributed by atoms with Gasteiger partial charge in [-0.05, 0) is 44.9 Å². The number of aromatic hydroxyl groups is 1. The van der Waals surface area contributed by atoms with Crippen LogP contribution in [0.25, 0.3) is 16.9 Å². The van der Waals surface area contributed by atoms with Gasteiger partial charge in [-0.25, -0.2) is 9.48 Å². The van der Waals surface area contributed by atoms with E-state index >= 15 is 0 Å². The van der Waals surface area contributed by atoms with Crippen molar-refractivity contribution in [2.45, 2.75) is 38.8 Å². The van der Waals surface area contributed by atoms with Crippen LogP contribution in [0.15, 0.2) is 84.9 Å². The zero-order valence-corrected chi connectivity index (χ0v) is 22.9. The topological polar surface area (TPSA) is 101 Å². The van der Waals surface area contributed by atoms with Crippen molar-refractivity contribution in [3.05, 3.63) is 96.2 Å².